The molecule has 0 saturated heterocycles. The fraction of sp³-hybridized carbons (Fsp3) is 0.143. The van der Waals surface area contributed by atoms with Crippen LogP contribution in [0.1, 0.15) is 5.56 Å². The molecule has 0 fully saturated rings. The van der Waals surface area contributed by atoms with E-state index in [2.05, 4.69) is 19.1 Å². The molecule has 0 heterocycles. The third-order valence-electron chi connectivity index (χ3n) is 0.940. The largest absolute Gasteiger partial charge is 4.00 e. The smallest absolute Gasteiger partial charge is 0.373 e. The van der Waals surface area contributed by atoms with E-state index in [9.17, 15) is 0 Å². The van der Waals surface area contributed by atoms with E-state index in [-0.39, 0.29) is 11.0 Å². The maximum absolute atomic E-state index is 6.75. The van der Waals surface area contributed by atoms with Crippen LogP contribution in [0, 0.1) is 6.92 Å². The summed E-state index contributed by atoms with van der Waals surface area (Å²) in [4.78, 5) is 6.00. The van der Waals surface area contributed by atoms with Crippen molar-refractivity contribution >= 4 is 11.0 Å². The molecule has 0 spiro atoms. The van der Waals surface area contributed by atoms with Gasteiger partial charge in [0, 0.05) is 0 Å². The Labute approximate surface area is 118 Å². The van der Waals surface area contributed by atoms with Crippen LogP contribution in [0.4, 0.5) is 0 Å². The molecule has 0 atom stereocenters. The molecular formula is C7H8N12Si. The second-order valence-electron chi connectivity index (χ2n) is 2.01. The van der Waals surface area contributed by atoms with Crippen molar-refractivity contribution in [2.75, 3.05) is 0 Å². The second-order valence-corrected chi connectivity index (χ2v) is 2.01. The maximum atomic E-state index is 6.75. The summed E-state index contributed by atoms with van der Waals surface area (Å²) in [5, 5.41) is 0. The van der Waals surface area contributed by atoms with E-state index in [0.717, 1.165) is 0 Å². The molecular weight excluding hydrogens is 280 g/mol. The summed E-state index contributed by atoms with van der Waals surface area (Å²) in [6.07, 6.45) is 0. The second kappa shape index (κ2) is 44.9. The van der Waals surface area contributed by atoms with Crippen LogP contribution in [0.5, 0.6) is 0 Å². The Morgan fingerprint density at radius 3 is 0.900 bits per heavy atom. The van der Waals surface area contributed by atoms with E-state index in [0.29, 0.717) is 0 Å². The van der Waals surface area contributed by atoms with Crippen LogP contribution >= 0.6 is 0 Å². The molecule has 0 aliphatic rings. The fourth-order valence-electron chi connectivity index (χ4n) is 0.534. The zero-order chi connectivity index (χ0) is 15.9. The standard InChI is InChI=1S/C7H8.4N3.Si/c1-7-5-3-2-4-6-7;4*1-3-2;/h2-6H,1H3;;;;;/q;4*-1;+4. The molecule has 100 valence electrons. The fourth-order valence-corrected chi connectivity index (χ4v) is 0.534. The first-order chi connectivity index (χ1) is 9.05. The van der Waals surface area contributed by atoms with Crippen LogP contribution in [0.2, 0.25) is 0 Å². The normalized spacial score (nSPS) is 4.65. The summed E-state index contributed by atoms with van der Waals surface area (Å²) in [6.45, 7) is 2.08. The first-order valence-electron chi connectivity index (χ1n) is 4.01. The number of benzene rings is 1. The van der Waals surface area contributed by atoms with Gasteiger partial charge < -0.3 is 44.2 Å². The first-order valence-corrected chi connectivity index (χ1v) is 4.01. The molecule has 0 amide bonds. The van der Waals surface area contributed by atoms with Gasteiger partial charge in [-0.2, -0.15) is 0 Å². The number of hydrogen-bond acceptors (Lipinski definition) is 0. The molecule has 0 radical (unpaired) electrons. The number of rotatable bonds is 0. The van der Waals surface area contributed by atoms with Crippen molar-refractivity contribution in [1.82, 2.24) is 0 Å². The Bertz CT molecular complexity index is 370. The third-order valence-corrected chi connectivity index (χ3v) is 0.940. The Hall–Kier alpha value is -3.32. The summed E-state index contributed by atoms with van der Waals surface area (Å²) in [7, 11) is 0. The van der Waals surface area contributed by atoms with Crippen LogP contribution < -0.4 is 0 Å². The zero-order valence-corrected chi connectivity index (χ0v) is 11.3. The minimum absolute atomic E-state index is 0. The van der Waals surface area contributed by atoms with E-state index < -0.39 is 0 Å². The zero-order valence-electron chi connectivity index (χ0n) is 10.3. The maximum Gasteiger partial charge on any atom is 4.00 e. The van der Waals surface area contributed by atoms with Crippen molar-refractivity contribution < 1.29 is 0 Å². The van der Waals surface area contributed by atoms with Crippen molar-refractivity contribution in [3.05, 3.63) is 99.8 Å². The number of nitrogens with zero attached hydrogens (tertiary/aromatic N) is 12. The van der Waals surface area contributed by atoms with Crippen LogP contribution in [-0.2, 0) is 0 Å². The van der Waals surface area contributed by atoms with Crippen molar-refractivity contribution in [2.45, 2.75) is 6.92 Å². The van der Waals surface area contributed by atoms with E-state index in [1.54, 1.807) is 0 Å². The average molecular weight is 288 g/mol. The first kappa shape index (κ1) is 30.1. The van der Waals surface area contributed by atoms with E-state index >= 15 is 0 Å². The van der Waals surface area contributed by atoms with Gasteiger partial charge in [-0.25, -0.2) is 0 Å². The van der Waals surface area contributed by atoms with Gasteiger partial charge in [0.05, 0.1) is 0 Å². The summed E-state index contributed by atoms with van der Waals surface area (Å²) in [5.41, 5.74) is 55.3. The molecule has 0 bridgehead atoms. The van der Waals surface area contributed by atoms with E-state index in [1.807, 2.05) is 18.2 Å². The van der Waals surface area contributed by atoms with Gasteiger partial charge in [-0.15, -0.1) is 0 Å². The molecule has 0 aromatic heterocycles. The van der Waals surface area contributed by atoms with Crippen LogP contribution in [0.3, 0.4) is 0 Å². The SMILES string of the molecule is Cc1ccccc1.[N-]=[N+]=[N-].[N-]=[N+]=[N-].[N-]=[N+]=[N-].[N-]=[N+]=[N-].[Si+4]. The molecule has 20 heavy (non-hydrogen) atoms. The molecule has 1 rings (SSSR count). The molecule has 0 aliphatic heterocycles. The number of hydrogen-bond donors (Lipinski definition) is 0. The minimum Gasteiger partial charge on any atom is -0.373 e. The summed E-state index contributed by atoms with van der Waals surface area (Å²) in [5.74, 6) is 0. The Morgan fingerprint density at radius 2 is 0.800 bits per heavy atom. The average Bonchev–Trinajstić information content (AvgIpc) is 2.34. The van der Waals surface area contributed by atoms with Gasteiger partial charge in [-0.1, -0.05) is 35.9 Å². The van der Waals surface area contributed by atoms with Gasteiger partial charge in [-0.05, 0) is 6.92 Å². The van der Waals surface area contributed by atoms with Crippen LogP contribution in [0.25, 0.3) is 63.9 Å². The predicted octanol–water partition coefficient (Wildman–Crippen LogP) is 5.08. The summed E-state index contributed by atoms with van der Waals surface area (Å²) in [6, 6.07) is 10.3. The number of aryl methyl sites for hydroxylation is 1. The summed E-state index contributed by atoms with van der Waals surface area (Å²) < 4.78 is 0. The molecule has 1 aromatic carbocycles. The quantitative estimate of drug-likeness (QED) is 0.262. The molecule has 12 nitrogen and oxygen atoms in total. The Kier molecular flexibility index (Phi) is 67.4. The van der Waals surface area contributed by atoms with Crippen LogP contribution in [0.15, 0.2) is 30.3 Å². The van der Waals surface area contributed by atoms with E-state index in [1.165, 1.54) is 25.2 Å². The third kappa shape index (κ3) is 126. The molecule has 1 aromatic rings. The van der Waals surface area contributed by atoms with Gasteiger partial charge in [0.1, 0.15) is 0 Å². The Morgan fingerprint density at radius 1 is 0.600 bits per heavy atom. The predicted molar refractivity (Wildman–Crippen MR) is 77.2 cm³/mol. The topological polar surface area (TPSA) is 235 Å². The van der Waals surface area contributed by atoms with Gasteiger partial charge in [0.15, 0.2) is 0 Å². The van der Waals surface area contributed by atoms with Crippen molar-refractivity contribution in [1.29, 1.82) is 0 Å². The monoisotopic (exact) mass is 288 g/mol. The van der Waals surface area contributed by atoms with Crippen molar-refractivity contribution in [3.8, 4) is 0 Å². The Balaban J connectivity index is -0.0000000505. The molecule has 0 saturated carbocycles. The molecule has 0 N–H and O–H groups in total. The minimum atomic E-state index is 0. The van der Waals surface area contributed by atoms with Crippen LogP contribution in [-0.4, -0.2) is 11.0 Å². The van der Waals surface area contributed by atoms with Gasteiger partial charge in [-0.3, -0.25) is 19.6 Å². The van der Waals surface area contributed by atoms with Gasteiger partial charge in [0.25, 0.3) is 0 Å². The molecule has 0 unspecified atom stereocenters. The van der Waals surface area contributed by atoms with Crippen molar-refractivity contribution in [2.24, 2.45) is 0 Å². The van der Waals surface area contributed by atoms with Gasteiger partial charge in [0.2, 0.25) is 0 Å². The summed E-state index contributed by atoms with van der Waals surface area (Å²) >= 11 is 0. The van der Waals surface area contributed by atoms with Gasteiger partial charge >= 0.3 is 11.0 Å². The molecule has 13 heteroatoms. The molecule has 0 aliphatic carbocycles. The van der Waals surface area contributed by atoms with Crippen molar-refractivity contribution in [3.63, 3.8) is 0 Å². The van der Waals surface area contributed by atoms with E-state index in [4.69, 9.17) is 44.2 Å².